The average molecular weight is 342 g/mol. The normalized spacial score (nSPS) is 12.5. The molecule has 0 aliphatic carbocycles. The number of carbonyl (C=O) groups is 1. The molecule has 0 aliphatic rings. The monoisotopic (exact) mass is 342 g/mol. The number of amides is 1. The lowest BCUT2D eigenvalue weighted by molar-refractivity contribution is 0.0946. The third kappa shape index (κ3) is 3.63. The fourth-order valence-corrected chi connectivity index (χ4v) is 3.64. The predicted octanol–water partition coefficient (Wildman–Crippen LogP) is 4.07. The molecular weight excluding hydrogens is 323 g/mol. The SMILES string of the molecule is CN(C)C(CNC(=O)c1cc2cc(F)ccc2s1)c1ccccc1. The topological polar surface area (TPSA) is 32.3 Å². The van der Waals surface area contributed by atoms with Crippen LogP contribution in [0.15, 0.2) is 54.6 Å². The average Bonchev–Trinajstić information content (AvgIpc) is 2.98. The summed E-state index contributed by atoms with van der Waals surface area (Å²) in [6, 6.07) is 16.5. The number of fused-ring (bicyclic) bond motifs is 1. The van der Waals surface area contributed by atoms with E-state index in [0.717, 1.165) is 15.6 Å². The summed E-state index contributed by atoms with van der Waals surface area (Å²) in [5.74, 6) is -0.414. The molecule has 1 aromatic heterocycles. The number of likely N-dealkylation sites (N-methyl/N-ethyl adjacent to an activating group) is 1. The van der Waals surface area contributed by atoms with E-state index in [1.54, 1.807) is 12.1 Å². The van der Waals surface area contributed by atoms with Gasteiger partial charge in [-0.3, -0.25) is 4.79 Å². The molecule has 1 atom stereocenters. The maximum atomic E-state index is 13.3. The Morgan fingerprint density at radius 1 is 1.17 bits per heavy atom. The molecule has 3 rings (SSSR count). The molecule has 1 unspecified atom stereocenters. The van der Waals surface area contributed by atoms with Crippen LogP contribution >= 0.6 is 11.3 Å². The highest BCUT2D eigenvalue weighted by Gasteiger charge is 2.17. The lowest BCUT2D eigenvalue weighted by atomic mass is 10.1. The van der Waals surface area contributed by atoms with Crippen molar-refractivity contribution in [1.29, 1.82) is 0 Å². The Morgan fingerprint density at radius 2 is 1.92 bits per heavy atom. The number of carbonyl (C=O) groups excluding carboxylic acids is 1. The highest BCUT2D eigenvalue weighted by atomic mass is 32.1. The van der Waals surface area contributed by atoms with Gasteiger partial charge in [-0.25, -0.2) is 4.39 Å². The zero-order valence-electron chi connectivity index (χ0n) is 13.6. The second-order valence-electron chi connectivity index (χ2n) is 5.89. The number of halogens is 1. The molecule has 1 amide bonds. The van der Waals surface area contributed by atoms with E-state index in [-0.39, 0.29) is 17.8 Å². The quantitative estimate of drug-likeness (QED) is 0.758. The van der Waals surface area contributed by atoms with Crippen LogP contribution in [0.5, 0.6) is 0 Å². The van der Waals surface area contributed by atoms with Gasteiger partial charge in [0, 0.05) is 11.2 Å². The minimum absolute atomic E-state index is 0.0990. The highest BCUT2D eigenvalue weighted by Crippen LogP contribution is 2.26. The molecule has 24 heavy (non-hydrogen) atoms. The minimum atomic E-state index is -0.288. The number of hydrogen-bond donors (Lipinski definition) is 1. The fraction of sp³-hybridized carbons (Fsp3) is 0.211. The van der Waals surface area contributed by atoms with Crippen LogP contribution in [0.2, 0.25) is 0 Å². The van der Waals surface area contributed by atoms with Gasteiger partial charge in [-0.05, 0) is 49.3 Å². The van der Waals surface area contributed by atoms with Gasteiger partial charge in [-0.15, -0.1) is 11.3 Å². The van der Waals surface area contributed by atoms with E-state index in [4.69, 9.17) is 0 Å². The van der Waals surface area contributed by atoms with Gasteiger partial charge >= 0.3 is 0 Å². The number of nitrogens with zero attached hydrogens (tertiary/aromatic N) is 1. The Balaban J connectivity index is 1.73. The molecule has 3 nitrogen and oxygen atoms in total. The Hall–Kier alpha value is -2.24. The standard InChI is InChI=1S/C19H19FN2OS/c1-22(2)16(13-6-4-3-5-7-13)12-21-19(23)18-11-14-10-15(20)8-9-17(14)24-18/h3-11,16H,12H2,1-2H3,(H,21,23). The number of thiophene rings is 1. The van der Waals surface area contributed by atoms with Crippen molar-refractivity contribution in [3.63, 3.8) is 0 Å². The summed E-state index contributed by atoms with van der Waals surface area (Å²) in [4.78, 5) is 15.1. The Morgan fingerprint density at radius 3 is 2.62 bits per heavy atom. The molecular formula is C19H19FN2OS. The molecule has 2 aromatic carbocycles. The molecule has 3 aromatic rings. The van der Waals surface area contributed by atoms with Gasteiger partial charge in [0.15, 0.2) is 0 Å². The first-order valence-electron chi connectivity index (χ1n) is 7.73. The third-order valence-corrected chi connectivity index (χ3v) is 5.08. The summed E-state index contributed by atoms with van der Waals surface area (Å²) < 4.78 is 14.2. The summed E-state index contributed by atoms with van der Waals surface area (Å²) in [5, 5.41) is 3.75. The van der Waals surface area contributed by atoms with Gasteiger partial charge in [0.25, 0.3) is 5.91 Å². The van der Waals surface area contributed by atoms with Crippen molar-refractivity contribution in [3.05, 3.63) is 70.9 Å². The van der Waals surface area contributed by atoms with Crippen LogP contribution in [0.3, 0.4) is 0 Å². The number of nitrogens with one attached hydrogen (secondary N) is 1. The molecule has 0 spiro atoms. The van der Waals surface area contributed by atoms with Crippen molar-refractivity contribution in [2.45, 2.75) is 6.04 Å². The molecule has 5 heteroatoms. The van der Waals surface area contributed by atoms with Crippen molar-refractivity contribution in [2.24, 2.45) is 0 Å². The third-order valence-electron chi connectivity index (χ3n) is 3.97. The number of rotatable bonds is 5. The van der Waals surface area contributed by atoms with E-state index in [9.17, 15) is 9.18 Å². The van der Waals surface area contributed by atoms with Crippen molar-refractivity contribution in [1.82, 2.24) is 10.2 Å². The van der Waals surface area contributed by atoms with Crippen molar-refractivity contribution in [3.8, 4) is 0 Å². The molecule has 0 bridgehead atoms. The molecule has 1 N–H and O–H groups in total. The van der Waals surface area contributed by atoms with Crippen LogP contribution in [0.25, 0.3) is 10.1 Å². The van der Waals surface area contributed by atoms with Crippen LogP contribution in [-0.2, 0) is 0 Å². The van der Waals surface area contributed by atoms with E-state index in [0.29, 0.717) is 11.4 Å². The van der Waals surface area contributed by atoms with Crippen molar-refractivity contribution >= 4 is 27.3 Å². The molecule has 0 radical (unpaired) electrons. The van der Waals surface area contributed by atoms with E-state index in [1.807, 2.05) is 32.3 Å². The molecule has 0 aliphatic heterocycles. The fourth-order valence-electron chi connectivity index (χ4n) is 2.68. The minimum Gasteiger partial charge on any atom is -0.349 e. The number of benzene rings is 2. The Labute approximate surface area is 144 Å². The summed E-state index contributed by atoms with van der Waals surface area (Å²) in [7, 11) is 3.98. The van der Waals surface area contributed by atoms with Gasteiger partial charge in [0.1, 0.15) is 5.82 Å². The summed E-state index contributed by atoms with van der Waals surface area (Å²) >= 11 is 1.38. The van der Waals surface area contributed by atoms with Gasteiger partial charge in [-0.2, -0.15) is 0 Å². The van der Waals surface area contributed by atoms with Gasteiger partial charge in [-0.1, -0.05) is 30.3 Å². The van der Waals surface area contributed by atoms with Crippen LogP contribution in [-0.4, -0.2) is 31.4 Å². The van der Waals surface area contributed by atoms with Crippen LogP contribution in [0.1, 0.15) is 21.3 Å². The van der Waals surface area contributed by atoms with Crippen molar-refractivity contribution < 1.29 is 9.18 Å². The van der Waals surface area contributed by atoms with E-state index < -0.39 is 0 Å². The molecule has 0 fully saturated rings. The van der Waals surface area contributed by atoms with Gasteiger partial charge < -0.3 is 10.2 Å². The first-order chi connectivity index (χ1) is 11.5. The first-order valence-corrected chi connectivity index (χ1v) is 8.55. The largest absolute Gasteiger partial charge is 0.349 e. The lowest BCUT2D eigenvalue weighted by Gasteiger charge is -2.25. The highest BCUT2D eigenvalue weighted by molar-refractivity contribution is 7.20. The molecule has 124 valence electrons. The van der Waals surface area contributed by atoms with E-state index >= 15 is 0 Å². The number of hydrogen-bond acceptors (Lipinski definition) is 3. The van der Waals surface area contributed by atoms with Gasteiger partial charge in [0.2, 0.25) is 0 Å². The molecule has 0 saturated carbocycles. The van der Waals surface area contributed by atoms with E-state index in [2.05, 4.69) is 22.3 Å². The summed E-state index contributed by atoms with van der Waals surface area (Å²) in [6.45, 7) is 0.512. The van der Waals surface area contributed by atoms with Gasteiger partial charge in [0.05, 0.1) is 10.9 Å². The van der Waals surface area contributed by atoms with Crippen LogP contribution in [0, 0.1) is 5.82 Å². The lowest BCUT2D eigenvalue weighted by Crippen LogP contribution is -2.34. The van der Waals surface area contributed by atoms with Crippen LogP contribution in [0.4, 0.5) is 4.39 Å². The smallest absolute Gasteiger partial charge is 0.261 e. The summed E-state index contributed by atoms with van der Waals surface area (Å²) in [6.07, 6.45) is 0. The van der Waals surface area contributed by atoms with Crippen molar-refractivity contribution in [2.75, 3.05) is 20.6 Å². The maximum absolute atomic E-state index is 13.3. The Kier molecular flexibility index (Phi) is 4.92. The summed E-state index contributed by atoms with van der Waals surface area (Å²) in [5.41, 5.74) is 1.15. The van der Waals surface area contributed by atoms with Crippen LogP contribution < -0.4 is 5.32 Å². The van der Waals surface area contributed by atoms with E-state index in [1.165, 1.54) is 23.5 Å². The predicted molar refractivity (Wildman–Crippen MR) is 97.0 cm³/mol. The Bertz CT molecular complexity index is 845. The zero-order valence-corrected chi connectivity index (χ0v) is 14.4. The second kappa shape index (κ2) is 7.11. The molecule has 0 saturated heterocycles. The zero-order chi connectivity index (χ0) is 17.1. The maximum Gasteiger partial charge on any atom is 0.261 e. The second-order valence-corrected chi connectivity index (χ2v) is 6.98. The molecule has 1 heterocycles. The first kappa shape index (κ1) is 16.6.